The molecular weight excluding hydrogens is 487 g/mol. The van der Waals surface area contributed by atoms with Gasteiger partial charge in [0.2, 0.25) is 6.10 Å². The van der Waals surface area contributed by atoms with Gasteiger partial charge in [-0.25, -0.2) is 4.79 Å². The third kappa shape index (κ3) is 6.94. The smallest absolute Gasteiger partial charge is 0.412 e. The monoisotopic (exact) mass is 512 g/mol. The topological polar surface area (TPSA) is 92.3 Å². The van der Waals surface area contributed by atoms with Crippen LogP contribution >= 0.6 is 23.2 Å². The highest BCUT2D eigenvalue weighted by Crippen LogP contribution is 2.31. The average Bonchev–Trinajstić information content (AvgIpc) is 2.88. The second kappa shape index (κ2) is 12.0. The van der Waals surface area contributed by atoms with Crippen molar-refractivity contribution < 1.29 is 14.3 Å². The van der Waals surface area contributed by atoms with Crippen LogP contribution in [0, 0.1) is 5.92 Å². The molecule has 0 radical (unpaired) electrons. The maximum Gasteiger partial charge on any atom is 0.412 e. The predicted octanol–water partition coefficient (Wildman–Crippen LogP) is 5.54. The number of anilines is 1. The van der Waals surface area contributed by atoms with Crippen LogP contribution in [0.4, 0.5) is 10.5 Å². The summed E-state index contributed by atoms with van der Waals surface area (Å²) in [6, 6.07) is 16.9. The van der Waals surface area contributed by atoms with Gasteiger partial charge in [-0.2, -0.15) is 0 Å². The summed E-state index contributed by atoms with van der Waals surface area (Å²) in [5, 5.41) is 10.1. The highest BCUT2D eigenvalue weighted by Gasteiger charge is 2.32. The van der Waals surface area contributed by atoms with E-state index in [0.29, 0.717) is 21.3 Å². The number of pyridine rings is 1. The number of nitrogens with one attached hydrogen (secondary N) is 3. The van der Waals surface area contributed by atoms with Gasteiger partial charge in [-0.1, -0.05) is 35.3 Å². The molecule has 2 aromatic carbocycles. The minimum Gasteiger partial charge on any atom is -0.431 e. The van der Waals surface area contributed by atoms with Crippen molar-refractivity contribution in [2.24, 2.45) is 5.92 Å². The number of carbonyl (C=O) groups is 2. The van der Waals surface area contributed by atoms with Crippen LogP contribution in [0.3, 0.4) is 0 Å². The van der Waals surface area contributed by atoms with Crippen LogP contribution in [0.2, 0.25) is 10.0 Å². The molecule has 2 unspecified atom stereocenters. The maximum absolute atomic E-state index is 13.6. The standard InChI is InChI=1S/C26H26Cl2N4O3/c27-20-4-6-22(7-5-20)31-26(34)35-24(19-2-1-3-21(28)16-19)25(33)32-23(17-8-12-29-13-9-17)18-10-14-30-15-11-18/h1-9,12-13,16,18,23-24,30H,10-11,14-15H2,(H,31,34)(H,32,33). The van der Waals surface area contributed by atoms with E-state index in [9.17, 15) is 9.59 Å². The summed E-state index contributed by atoms with van der Waals surface area (Å²) in [6.45, 7) is 1.75. The predicted molar refractivity (Wildman–Crippen MR) is 136 cm³/mol. The van der Waals surface area contributed by atoms with Crippen molar-refractivity contribution in [1.82, 2.24) is 15.6 Å². The van der Waals surface area contributed by atoms with Crippen LogP contribution in [-0.2, 0) is 9.53 Å². The van der Waals surface area contributed by atoms with Crippen molar-refractivity contribution in [2.75, 3.05) is 18.4 Å². The Balaban J connectivity index is 1.57. The molecule has 1 saturated heterocycles. The minimum atomic E-state index is -1.20. The van der Waals surface area contributed by atoms with Crippen molar-refractivity contribution in [1.29, 1.82) is 0 Å². The van der Waals surface area contributed by atoms with Crippen LogP contribution in [0.5, 0.6) is 0 Å². The summed E-state index contributed by atoms with van der Waals surface area (Å²) >= 11 is 12.1. The number of benzene rings is 2. The first-order chi connectivity index (χ1) is 17.0. The van der Waals surface area contributed by atoms with E-state index >= 15 is 0 Å². The van der Waals surface area contributed by atoms with Gasteiger partial charge in [-0.3, -0.25) is 15.1 Å². The summed E-state index contributed by atoms with van der Waals surface area (Å²) in [5.41, 5.74) is 1.92. The Labute approximate surface area is 214 Å². The molecule has 2 atom stereocenters. The number of hydrogen-bond acceptors (Lipinski definition) is 5. The second-order valence-electron chi connectivity index (χ2n) is 8.33. The summed E-state index contributed by atoms with van der Waals surface area (Å²) in [6.07, 6.45) is 3.27. The van der Waals surface area contributed by atoms with Crippen molar-refractivity contribution in [3.8, 4) is 0 Å². The molecular formula is C26H26Cl2N4O3. The Bertz CT molecular complexity index is 1140. The fraction of sp³-hybridized carbons (Fsp3) is 0.269. The van der Waals surface area contributed by atoms with Crippen molar-refractivity contribution in [2.45, 2.75) is 25.0 Å². The molecule has 4 rings (SSSR count). The zero-order valence-electron chi connectivity index (χ0n) is 18.9. The molecule has 0 saturated carbocycles. The zero-order chi connectivity index (χ0) is 24.6. The first-order valence-electron chi connectivity index (χ1n) is 11.4. The van der Waals surface area contributed by atoms with Crippen LogP contribution < -0.4 is 16.0 Å². The number of halogens is 2. The third-order valence-corrected chi connectivity index (χ3v) is 6.41. The molecule has 1 aliphatic heterocycles. The summed E-state index contributed by atoms with van der Waals surface area (Å²) in [7, 11) is 0. The number of amides is 2. The summed E-state index contributed by atoms with van der Waals surface area (Å²) in [5.74, 6) is -0.204. The largest absolute Gasteiger partial charge is 0.431 e. The Morgan fingerprint density at radius 3 is 2.34 bits per heavy atom. The normalized spacial score (nSPS) is 15.6. The van der Waals surface area contributed by atoms with E-state index in [1.54, 1.807) is 60.9 Å². The fourth-order valence-electron chi connectivity index (χ4n) is 4.18. The van der Waals surface area contributed by atoms with Crippen molar-refractivity contribution >= 4 is 40.9 Å². The molecule has 9 heteroatoms. The van der Waals surface area contributed by atoms with E-state index in [-0.39, 0.29) is 12.0 Å². The summed E-state index contributed by atoms with van der Waals surface area (Å²) < 4.78 is 5.63. The highest BCUT2D eigenvalue weighted by molar-refractivity contribution is 6.31. The lowest BCUT2D eigenvalue weighted by Gasteiger charge is -2.32. The molecule has 7 nitrogen and oxygen atoms in total. The Hall–Kier alpha value is -3.13. The molecule has 182 valence electrons. The van der Waals surface area contributed by atoms with E-state index in [4.69, 9.17) is 27.9 Å². The number of piperidine rings is 1. The van der Waals surface area contributed by atoms with E-state index in [0.717, 1.165) is 31.5 Å². The van der Waals surface area contributed by atoms with Gasteiger partial charge in [-0.15, -0.1) is 0 Å². The molecule has 0 bridgehead atoms. The van der Waals surface area contributed by atoms with E-state index in [1.165, 1.54) is 0 Å². The molecule has 1 aromatic heterocycles. The molecule has 1 fully saturated rings. The molecule has 0 spiro atoms. The minimum absolute atomic E-state index is 0.227. The second-order valence-corrected chi connectivity index (χ2v) is 9.20. The van der Waals surface area contributed by atoms with Crippen LogP contribution in [-0.4, -0.2) is 30.1 Å². The molecule has 3 N–H and O–H groups in total. The Morgan fingerprint density at radius 2 is 1.66 bits per heavy atom. The lowest BCUT2D eigenvalue weighted by molar-refractivity contribution is -0.131. The third-order valence-electron chi connectivity index (χ3n) is 5.92. The van der Waals surface area contributed by atoms with Gasteiger partial charge < -0.3 is 15.4 Å². The fourth-order valence-corrected chi connectivity index (χ4v) is 4.51. The summed E-state index contributed by atoms with van der Waals surface area (Å²) in [4.78, 5) is 30.4. The van der Waals surface area contributed by atoms with E-state index in [1.807, 2.05) is 12.1 Å². The lowest BCUT2D eigenvalue weighted by Crippen LogP contribution is -2.41. The molecule has 2 heterocycles. The number of aromatic nitrogens is 1. The first kappa shape index (κ1) is 25.0. The number of ether oxygens (including phenoxy) is 1. The van der Waals surface area contributed by atoms with Gasteiger partial charge in [0.25, 0.3) is 5.91 Å². The molecule has 3 aromatic rings. The van der Waals surface area contributed by atoms with Gasteiger partial charge in [0.1, 0.15) is 0 Å². The van der Waals surface area contributed by atoms with Gasteiger partial charge in [-0.05, 0) is 85.9 Å². The van der Waals surface area contributed by atoms with E-state index in [2.05, 4.69) is 20.9 Å². The van der Waals surface area contributed by atoms with Crippen molar-refractivity contribution in [3.05, 3.63) is 94.2 Å². The molecule has 0 aliphatic carbocycles. The molecule has 35 heavy (non-hydrogen) atoms. The lowest BCUT2D eigenvalue weighted by atomic mass is 9.86. The van der Waals surface area contributed by atoms with Gasteiger partial charge >= 0.3 is 6.09 Å². The van der Waals surface area contributed by atoms with Crippen molar-refractivity contribution in [3.63, 3.8) is 0 Å². The van der Waals surface area contributed by atoms with Gasteiger partial charge in [0.05, 0.1) is 6.04 Å². The maximum atomic E-state index is 13.6. The molecule has 1 aliphatic rings. The number of carbonyl (C=O) groups excluding carboxylic acids is 2. The highest BCUT2D eigenvalue weighted by atomic mass is 35.5. The first-order valence-corrected chi connectivity index (χ1v) is 12.1. The van der Waals surface area contributed by atoms with Crippen LogP contribution in [0.25, 0.3) is 0 Å². The quantitative estimate of drug-likeness (QED) is 0.386. The van der Waals surface area contributed by atoms with Gasteiger partial charge in [0, 0.05) is 33.7 Å². The average molecular weight is 513 g/mol. The Kier molecular flexibility index (Phi) is 8.58. The van der Waals surface area contributed by atoms with E-state index < -0.39 is 18.1 Å². The van der Waals surface area contributed by atoms with Gasteiger partial charge in [0.15, 0.2) is 0 Å². The van der Waals surface area contributed by atoms with Crippen LogP contribution in [0.15, 0.2) is 73.1 Å². The Morgan fingerprint density at radius 1 is 0.943 bits per heavy atom. The SMILES string of the molecule is O=C(Nc1ccc(Cl)cc1)OC(C(=O)NC(c1ccncc1)C1CCNCC1)c1cccc(Cl)c1. The number of hydrogen-bond donors (Lipinski definition) is 3. The molecule has 2 amide bonds. The van der Waals surface area contributed by atoms with Crippen LogP contribution in [0.1, 0.15) is 36.1 Å². The number of nitrogens with zero attached hydrogens (tertiary/aromatic N) is 1. The zero-order valence-corrected chi connectivity index (χ0v) is 20.4. The number of rotatable bonds is 7.